The summed E-state index contributed by atoms with van der Waals surface area (Å²) in [5.41, 5.74) is 4.47. The predicted octanol–water partition coefficient (Wildman–Crippen LogP) is 3.50. The Morgan fingerprint density at radius 3 is 2.36 bits per heavy atom. The Balaban J connectivity index is 1.49. The molecular formula is C19H20N4OS. The number of aromatic nitrogens is 3. The Morgan fingerprint density at radius 1 is 1.04 bits per heavy atom. The van der Waals surface area contributed by atoms with Crippen molar-refractivity contribution in [2.24, 2.45) is 0 Å². The highest BCUT2D eigenvalue weighted by Gasteiger charge is 2.09. The Hall–Kier alpha value is -2.60. The highest BCUT2D eigenvalue weighted by Crippen LogP contribution is 2.19. The van der Waals surface area contributed by atoms with E-state index in [0.29, 0.717) is 17.5 Å². The molecule has 2 N–H and O–H groups in total. The van der Waals surface area contributed by atoms with Crippen LogP contribution in [0.5, 0.6) is 0 Å². The van der Waals surface area contributed by atoms with Crippen molar-refractivity contribution < 1.29 is 4.79 Å². The molecule has 5 nitrogen and oxygen atoms in total. The van der Waals surface area contributed by atoms with Crippen LogP contribution in [-0.2, 0) is 11.3 Å². The van der Waals surface area contributed by atoms with E-state index in [1.807, 2.05) is 62.4 Å². The summed E-state index contributed by atoms with van der Waals surface area (Å²) in [4.78, 5) is 16.4. The Morgan fingerprint density at radius 2 is 1.68 bits per heavy atom. The lowest BCUT2D eigenvalue weighted by molar-refractivity contribution is -0.118. The topological polar surface area (TPSA) is 70.7 Å². The molecule has 0 atom stereocenters. The van der Waals surface area contributed by atoms with Crippen LogP contribution in [-0.4, -0.2) is 26.8 Å². The number of nitrogens with one attached hydrogen (secondary N) is 2. The summed E-state index contributed by atoms with van der Waals surface area (Å²) in [6.45, 7) is 4.61. The van der Waals surface area contributed by atoms with Crippen molar-refractivity contribution in [2.75, 3.05) is 5.75 Å². The van der Waals surface area contributed by atoms with Crippen molar-refractivity contribution in [3.63, 3.8) is 0 Å². The molecule has 1 amide bonds. The van der Waals surface area contributed by atoms with E-state index in [9.17, 15) is 4.79 Å². The van der Waals surface area contributed by atoms with E-state index in [0.717, 1.165) is 11.1 Å². The molecule has 0 aliphatic heterocycles. The maximum atomic E-state index is 12.0. The number of carbonyl (C=O) groups excluding carboxylic acids is 1. The van der Waals surface area contributed by atoms with E-state index >= 15 is 0 Å². The van der Waals surface area contributed by atoms with Gasteiger partial charge in [-0.25, -0.2) is 4.98 Å². The normalized spacial score (nSPS) is 10.6. The van der Waals surface area contributed by atoms with Crippen LogP contribution in [0.15, 0.2) is 53.7 Å². The van der Waals surface area contributed by atoms with Crippen LogP contribution in [0.3, 0.4) is 0 Å². The summed E-state index contributed by atoms with van der Waals surface area (Å²) in [7, 11) is 0. The molecule has 3 rings (SSSR count). The van der Waals surface area contributed by atoms with Crippen molar-refractivity contribution in [3.8, 4) is 11.4 Å². The van der Waals surface area contributed by atoms with Gasteiger partial charge in [0.2, 0.25) is 11.1 Å². The third kappa shape index (κ3) is 4.93. The van der Waals surface area contributed by atoms with Gasteiger partial charge in [0, 0.05) is 12.1 Å². The highest BCUT2D eigenvalue weighted by molar-refractivity contribution is 7.99. The van der Waals surface area contributed by atoms with Crippen LogP contribution >= 0.6 is 11.8 Å². The number of rotatable bonds is 6. The minimum Gasteiger partial charge on any atom is -0.351 e. The van der Waals surface area contributed by atoms with Gasteiger partial charge in [-0.3, -0.25) is 9.89 Å². The number of hydrogen-bond donors (Lipinski definition) is 2. The molecule has 0 saturated carbocycles. The summed E-state index contributed by atoms with van der Waals surface area (Å²) in [6.07, 6.45) is 0. The first-order valence-electron chi connectivity index (χ1n) is 8.04. The number of thioether (sulfide) groups is 1. The largest absolute Gasteiger partial charge is 0.351 e. The maximum Gasteiger partial charge on any atom is 0.230 e. The zero-order valence-corrected chi connectivity index (χ0v) is 15.1. The van der Waals surface area contributed by atoms with Gasteiger partial charge in [-0.15, -0.1) is 5.10 Å². The average molecular weight is 352 g/mol. The molecule has 0 saturated heterocycles. The first-order valence-corrected chi connectivity index (χ1v) is 9.03. The first-order chi connectivity index (χ1) is 12.1. The lowest BCUT2D eigenvalue weighted by Gasteiger charge is -2.04. The summed E-state index contributed by atoms with van der Waals surface area (Å²) in [5, 5.41) is 10.6. The summed E-state index contributed by atoms with van der Waals surface area (Å²) < 4.78 is 0. The lowest BCUT2D eigenvalue weighted by Crippen LogP contribution is -2.24. The fraction of sp³-hybridized carbons (Fsp3) is 0.211. The van der Waals surface area contributed by atoms with Crippen molar-refractivity contribution in [2.45, 2.75) is 25.5 Å². The van der Waals surface area contributed by atoms with E-state index < -0.39 is 0 Å². The Kier molecular flexibility index (Phi) is 5.50. The van der Waals surface area contributed by atoms with Crippen molar-refractivity contribution in [3.05, 3.63) is 65.2 Å². The lowest BCUT2D eigenvalue weighted by atomic mass is 10.1. The number of benzene rings is 2. The van der Waals surface area contributed by atoms with Gasteiger partial charge in [-0.2, -0.15) is 0 Å². The molecule has 1 heterocycles. The predicted molar refractivity (Wildman–Crippen MR) is 100 cm³/mol. The summed E-state index contributed by atoms with van der Waals surface area (Å²) >= 11 is 1.32. The zero-order chi connectivity index (χ0) is 17.6. The number of aryl methyl sites for hydroxylation is 2. The van der Waals surface area contributed by atoms with Crippen LogP contribution in [0.25, 0.3) is 11.4 Å². The smallest absolute Gasteiger partial charge is 0.230 e. The monoisotopic (exact) mass is 352 g/mol. The fourth-order valence-corrected chi connectivity index (χ4v) is 2.87. The van der Waals surface area contributed by atoms with Gasteiger partial charge in [0.25, 0.3) is 0 Å². The van der Waals surface area contributed by atoms with E-state index in [2.05, 4.69) is 20.5 Å². The molecule has 0 aliphatic rings. The van der Waals surface area contributed by atoms with Gasteiger partial charge in [0.05, 0.1) is 5.75 Å². The van der Waals surface area contributed by atoms with E-state index in [1.54, 1.807) is 0 Å². The molecule has 0 aliphatic carbocycles. The second-order valence-electron chi connectivity index (χ2n) is 5.88. The second-order valence-corrected chi connectivity index (χ2v) is 6.83. The Labute approximate surface area is 151 Å². The van der Waals surface area contributed by atoms with Crippen LogP contribution in [0.2, 0.25) is 0 Å². The van der Waals surface area contributed by atoms with E-state index in [1.165, 1.54) is 22.9 Å². The zero-order valence-electron chi connectivity index (χ0n) is 14.2. The molecular weight excluding hydrogens is 332 g/mol. The van der Waals surface area contributed by atoms with E-state index in [4.69, 9.17) is 0 Å². The fourth-order valence-electron chi connectivity index (χ4n) is 2.24. The molecule has 0 fully saturated rings. The van der Waals surface area contributed by atoms with Gasteiger partial charge in [-0.05, 0) is 19.4 Å². The molecule has 0 spiro atoms. The molecule has 0 radical (unpaired) electrons. The maximum absolute atomic E-state index is 12.0. The Bertz CT molecular complexity index is 841. The van der Waals surface area contributed by atoms with Crippen molar-refractivity contribution in [1.29, 1.82) is 0 Å². The van der Waals surface area contributed by atoms with E-state index in [-0.39, 0.29) is 11.7 Å². The van der Waals surface area contributed by atoms with Gasteiger partial charge < -0.3 is 5.32 Å². The average Bonchev–Trinajstić information content (AvgIpc) is 3.09. The van der Waals surface area contributed by atoms with Crippen LogP contribution in [0.1, 0.15) is 16.7 Å². The van der Waals surface area contributed by atoms with Crippen molar-refractivity contribution in [1.82, 2.24) is 20.5 Å². The summed E-state index contributed by atoms with van der Waals surface area (Å²) in [6, 6.07) is 16.2. The number of nitrogens with zero attached hydrogens (tertiary/aromatic N) is 2. The molecule has 2 aromatic carbocycles. The molecule has 25 heavy (non-hydrogen) atoms. The van der Waals surface area contributed by atoms with Crippen LogP contribution in [0.4, 0.5) is 0 Å². The minimum absolute atomic E-state index is 0.0349. The SMILES string of the molecule is Cc1ccc(CNC(=O)CSc2n[nH]c(-c3ccc(C)cc3)n2)cc1. The van der Waals surface area contributed by atoms with Gasteiger partial charge in [0.1, 0.15) is 0 Å². The number of carbonyl (C=O) groups is 1. The van der Waals surface area contributed by atoms with Gasteiger partial charge in [-0.1, -0.05) is 71.4 Å². The molecule has 3 aromatic rings. The molecule has 128 valence electrons. The number of aromatic amines is 1. The molecule has 1 aromatic heterocycles. The number of amides is 1. The second kappa shape index (κ2) is 7.98. The molecule has 0 bridgehead atoms. The number of hydrogen-bond acceptors (Lipinski definition) is 4. The van der Waals surface area contributed by atoms with Crippen molar-refractivity contribution >= 4 is 17.7 Å². The first kappa shape index (κ1) is 17.2. The third-order valence-electron chi connectivity index (χ3n) is 3.73. The van der Waals surface area contributed by atoms with Gasteiger partial charge >= 0.3 is 0 Å². The third-order valence-corrected chi connectivity index (χ3v) is 4.58. The minimum atomic E-state index is -0.0349. The molecule has 0 unspecified atom stereocenters. The standard InChI is InChI=1S/C19H20N4OS/c1-13-3-7-15(8-4-13)11-20-17(24)12-25-19-21-18(22-23-19)16-9-5-14(2)6-10-16/h3-10H,11-12H2,1-2H3,(H,20,24)(H,21,22,23). The molecule has 6 heteroatoms. The highest BCUT2D eigenvalue weighted by atomic mass is 32.2. The van der Waals surface area contributed by atoms with Gasteiger partial charge in [0.15, 0.2) is 5.82 Å². The van der Waals surface area contributed by atoms with Crippen LogP contribution in [0, 0.1) is 13.8 Å². The van der Waals surface area contributed by atoms with Crippen LogP contribution < -0.4 is 5.32 Å². The number of H-pyrrole nitrogens is 1. The quantitative estimate of drug-likeness (QED) is 0.666. The summed E-state index contributed by atoms with van der Waals surface area (Å²) in [5.74, 6) is 0.965.